The molecule has 0 atom stereocenters. The van der Waals surface area contributed by atoms with Crippen LogP contribution in [0.3, 0.4) is 0 Å². The summed E-state index contributed by atoms with van der Waals surface area (Å²) in [4.78, 5) is 38.1. The maximum absolute atomic E-state index is 13.2. The average Bonchev–Trinajstić information content (AvgIpc) is 3.26. The number of hydrogen-bond donors (Lipinski definition) is 1. The molecule has 0 radical (unpaired) electrons. The van der Waals surface area contributed by atoms with E-state index in [4.69, 9.17) is 9.26 Å². The fraction of sp³-hybridized carbons (Fsp3) is 0.179. The van der Waals surface area contributed by atoms with Crippen molar-refractivity contribution < 1.29 is 23.6 Å². The van der Waals surface area contributed by atoms with Gasteiger partial charge in [-0.25, -0.2) is 4.79 Å². The van der Waals surface area contributed by atoms with E-state index in [2.05, 4.69) is 10.5 Å². The number of nitrogens with one attached hydrogen (secondary N) is 1. The molecule has 1 heterocycles. The van der Waals surface area contributed by atoms with Gasteiger partial charge in [-0.15, -0.1) is 0 Å². The number of carbonyl (C=O) groups excluding carboxylic acids is 3. The van der Waals surface area contributed by atoms with Crippen molar-refractivity contribution in [2.75, 3.05) is 5.32 Å². The number of ether oxygens (including phenoxy) is 1. The first-order valence-corrected chi connectivity index (χ1v) is 11.2. The number of amides is 1. The van der Waals surface area contributed by atoms with Crippen LogP contribution in [0.5, 0.6) is 0 Å². The Bertz CT molecular complexity index is 1550. The molecule has 4 rings (SSSR count). The van der Waals surface area contributed by atoms with Crippen molar-refractivity contribution in [3.05, 3.63) is 83.0 Å². The second kappa shape index (κ2) is 9.47. The average molecular weight is 482 g/mol. The normalized spacial score (nSPS) is 11.1. The lowest BCUT2D eigenvalue weighted by Gasteiger charge is -2.20. The monoisotopic (exact) mass is 481 g/mol. The lowest BCUT2D eigenvalue weighted by Crippen LogP contribution is -2.25. The zero-order chi connectivity index (χ0) is 26.0. The van der Waals surface area contributed by atoms with E-state index < -0.39 is 17.5 Å². The molecule has 1 aromatic heterocycles. The quantitative estimate of drug-likeness (QED) is 0.283. The van der Waals surface area contributed by atoms with E-state index >= 15 is 0 Å². The smallest absolute Gasteiger partial charge is 0.340 e. The van der Waals surface area contributed by atoms with Crippen LogP contribution in [0.25, 0.3) is 22.1 Å². The van der Waals surface area contributed by atoms with Gasteiger partial charge in [-0.2, -0.15) is 5.26 Å². The number of nitrogens with zero attached hydrogens (tertiary/aromatic N) is 2. The maximum atomic E-state index is 13.2. The molecule has 36 heavy (non-hydrogen) atoms. The molecule has 1 N–H and O–H groups in total. The molecule has 8 nitrogen and oxygen atoms in total. The summed E-state index contributed by atoms with van der Waals surface area (Å²) in [5, 5.41) is 16.3. The molecule has 180 valence electrons. The summed E-state index contributed by atoms with van der Waals surface area (Å²) in [6, 6.07) is 18.7. The molecule has 0 aliphatic rings. The topological polar surface area (TPSA) is 122 Å². The lowest BCUT2D eigenvalue weighted by molar-refractivity contribution is 0.00706. The largest absolute Gasteiger partial charge is 0.456 e. The summed E-state index contributed by atoms with van der Waals surface area (Å²) in [5.74, 6) is -1.37. The van der Waals surface area contributed by atoms with Crippen LogP contribution in [0.4, 0.5) is 5.69 Å². The predicted octanol–water partition coefficient (Wildman–Crippen LogP) is 5.78. The Morgan fingerprint density at radius 1 is 1.00 bits per heavy atom. The van der Waals surface area contributed by atoms with E-state index in [1.54, 1.807) is 51.1 Å². The van der Waals surface area contributed by atoms with Crippen LogP contribution in [0.1, 0.15) is 64.5 Å². The van der Waals surface area contributed by atoms with Crippen LogP contribution in [0, 0.1) is 11.3 Å². The van der Waals surface area contributed by atoms with Crippen molar-refractivity contribution >= 4 is 34.3 Å². The highest BCUT2D eigenvalue weighted by molar-refractivity contribution is 6.13. The SMILES string of the molecule is CC(=O)c1ccccc1-c1ccc2onc(C(=O)Nc3ccc(C#N)cc3C(=O)OC(C)(C)C)c2c1. The van der Waals surface area contributed by atoms with Gasteiger partial charge < -0.3 is 14.6 Å². The van der Waals surface area contributed by atoms with Crippen LogP contribution in [-0.2, 0) is 4.74 Å². The molecule has 0 aliphatic carbocycles. The molecule has 4 aromatic rings. The number of anilines is 1. The first kappa shape index (κ1) is 24.4. The minimum absolute atomic E-state index is 0.00616. The predicted molar refractivity (Wildman–Crippen MR) is 134 cm³/mol. The van der Waals surface area contributed by atoms with Gasteiger partial charge in [-0.1, -0.05) is 35.5 Å². The molecule has 0 saturated heterocycles. The van der Waals surface area contributed by atoms with Crippen molar-refractivity contribution in [3.8, 4) is 17.2 Å². The summed E-state index contributed by atoms with van der Waals surface area (Å²) in [6.07, 6.45) is 0. The van der Waals surface area contributed by atoms with Gasteiger partial charge in [0.05, 0.1) is 28.3 Å². The summed E-state index contributed by atoms with van der Waals surface area (Å²) in [6.45, 7) is 6.66. The molecule has 0 aliphatic heterocycles. The molecule has 0 fully saturated rings. The molecule has 0 spiro atoms. The fourth-order valence-electron chi connectivity index (χ4n) is 3.72. The number of hydrogen-bond acceptors (Lipinski definition) is 7. The van der Waals surface area contributed by atoms with Crippen LogP contribution < -0.4 is 5.32 Å². The van der Waals surface area contributed by atoms with Gasteiger partial charge in [0.2, 0.25) is 0 Å². The minimum Gasteiger partial charge on any atom is -0.456 e. The number of aromatic nitrogens is 1. The van der Waals surface area contributed by atoms with Gasteiger partial charge in [0, 0.05) is 5.56 Å². The minimum atomic E-state index is -0.768. The van der Waals surface area contributed by atoms with Gasteiger partial charge >= 0.3 is 5.97 Å². The van der Waals surface area contributed by atoms with Crippen molar-refractivity contribution in [1.29, 1.82) is 5.26 Å². The standard InChI is InChI=1S/C28H23N3O5/c1-16(32)19-7-5-6-8-20(19)18-10-12-24-22(14-18)25(31-36-24)26(33)30-23-11-9-17(15-29)13-21(23)27(34)35-28(2,3)4/h5-14H,1-4H3,(H,30,33). The Morgan fingerprint density at radius 2 is 1.75 bits per heavy atom. The van der Waals surface area contributed by atoms with Gasteiger partial charge in [0.1, 0.15) is 5.60 Å². The number of rotatable bonds is 5. The van der Waals surface area contributed by atoms with Crippen LogP contribution >= 0.6 is 0 Å². The number of nitriles is 1. The maximum Gasteiger partial charge on any atom is 0.340 e. The van der Waals surface area contributed by atoms with Crippen molar-refractivity contribution in [3.63, 3.8) is 0 Å². The van der Waals surface area contributed by atoms with E-state index in [0.29, 0.717) is 16.5 Å². The molecule has 1 amide bonds. The first-order valence-electron chi connectivity index (χ1n) is 11.2. The molecule has 0 saturated carbocycles. The number of Topliss-reactive ketones (excluding diaryl/α,β-unsaturated/α-hetero) is 1. The third-order valence-corrected chi connectivity index (χ3v) is 5.32. The summed E-state index contributed by atoms with van der Waals surface area (Å²) in [7, 11) is 0. The van der Waals surface area contributed by atoms with Gasteiger partial charge in [-0.3, -0.25) is 9.59 Å². The molecule has 0 bridgehead atoms. The highest BCUT2D eigenvalue weighted by Gasteiger charge is 2.24. The Hall–Kier alpha value is -4.77. The fourth-order valence-corrected chi connectivity index (χ4v) is 3.72. The van der Waals surface area contributed by atoms with Crippen molar-refractivity contribution in [2.24, 2.45) is 0 Å². The summed E-state index contributed by atoms with van der Waals surface area (Å²) >= 11 is 0. The Labute approximate surface area is 207 Å². The van der Waals surface area contributed by atoms with E-state index in [1.165, 1.54) is 25.1 Å². The number of benzene rings is 3. The second-order valence-corrected chi connectivity index (χ2v) is 9.17. The Kier molecular flexibility index (Phi) is 6.41. The van der Waals surface area contributed by atoms with Gasteiger partial charge in [0.25, 0.3) is 5.91 Å². The lowest BCUT2D eigenvalue weighted by atomic mass is 9.96. The van der Waals surface area contributed by atoms with E-state index in [0.717, 1.165) is 11.1 Å². The number of esters is 1. The Morgan fingerprint density at radius 3 is 2.44 bits per heavy atom. The number of ketones is 1. The first-order chi connectivity index (χ1) is 17.1. The zero-order valence-corrected chi connectivity index (χ0v) is 20.2. The van der Waals surface area contributed by atoms with Gasteiger partial charge in [-0.05, 0) is 69.2 Å². The van der Waals surface area contributed by atoms with E-state index in [-0.39, 0.29) is 28.3 Å². The summed E-state index contributed by atoms with van der Waals surface area (Å²) < 4.78 is 10.8. The highest BCUT2D eigenvalue weighted by atomic mass is 16.6. The number of carbonyl (C=O) groups is 3. The molecular formula is C28H23N3O5. The third kappa shape index (κ3) is 5.00. The van der Waals surface area contributed by atoms with Crippen LogP contribution in [-0.4, -0.2) is 28.4 Å². The molecule has 3 aromatic carbocycles. The molecular weight excluding hydrogens is 458 g/mol. The second-order valence-electron chi connectivity index (χ2n) is 9.17. The molecule has 0 unspecified atom stereocenters. The Balaban J connectivity index is 1.72. The van der Waals surface area contributed by atoms with Gasteiger partial charge in [0.15, 0.2) is 17.1 Å². The number of fused-ring (bicyclic) bond motifs is 1. The zero-order valence-electron chi connectivity index (χ0n) is 20.2. The van der Waals surface area contributed by atoms with E-state index in [1.807, 2.05) is 18.2 Å². The van der Waals surface area contributed by atoms with Crippen LogP contribution in [0.2, 0.25) is 0 Å². The van der Waals surface area contributed by atoms with Crippen LogP contribution in [0.15, 0.2) is 65.2 Å². The van der Waals surface area contributed by atoms with E-state index in [9.17, 15) is 19.6 Å². The summed E-state index contributed by atoms with van der Waals surface area (Å²) in [5.41, 5.74) is 2.08. The third-order valence-electron chi connectivity index (χ3n) is 5.32. The van der Waals surface area contributed by atoms with Crippen molar-refractivity contribution in [1.82, 2.24) is 5.16 Å². The highest BCUT2D eigenvalue weighted by Crippen LogP contribution is 2.30. The molecule has 8 heteroatoms. The van der Waals surface area contributed by atoms with Crippen molar-refractivity contribution in [2.45, 2.75) is 33.3 Å².